The van der Waals surface area contributed by atoms with E-state index in [0.717, 1.165) is 29.7 Å². The number of hydrogen-bond donors (Lipinski definition) is 1. The predicted octanol–water partition coefficient (Wildman–Crippen LogP) is 3.57. The van der Waals surface area contributed by atoms with E-state index in [0.29, 0.717) is 12.3 Å². The molecule has 1 fully saturated rings. The molecule has 0 radical (unpaired) electrons. The van der Waals surface area contributed by atoms with Crippen molar-refractivity contribution in [2.24, 2.45) is 11.3 Å². The van der Waals surface area contributed by atoms with E-state index in [1.54, 1.807) is 6.92 Å². The zero-order valence-electron chi connectivity index (χ0n) is 11.9. The number of benzene rings is 1. The SMILES string of the molecule is Cc1ccc(C)c(OCC(C)(CC2CC2)C(=O)O)c1. The number of carbonyl (C=O) groups is 1. The quantitative estimate of drug-likeness (QED) is 0.852. The number of carboxylic acids is 1. The molecular weight excluding hydrogens is 240 g/mol. The van der Waals surface area contributed by atoms with Gasteiger partial charge in [0.05, 0.1) is 5.41 Å². The summed E-state index contributed by atoms with van der Waals surface area (Å²) in [4.78, 5) is 11.5. The first-order valence-corrected chi connectivity index (χ1v) is 6.84. The van der Waals surface area contributed by atoms with Crippen LogP contribution in [0.1, 0.15) is 37.3 Å². The Hall–Kier alpha value is -1.51. The Labute approximate surface area is 114 Å². The number of aryl methyl sites for hydroxylation is 2. The highest BCUT2D eigenvalue weighted by molar-refractivity contribution is 5.74. The van der Waals surface area contributed by atoms with Gasteiger partial charge in [-0.2, -0.15) is 0 Å². The van der Waals surface area contributed by atoms with Crippen LogP contribution in [0.2, 0.25) is 0 Å². The number of rotatable bonds is 6. The molecule has 1 atom stereocenters. The lowest BCUT2D eigenvalue weighted by Gasteiger charge is -2.25. The Bertz CT molecular complexity index is 477. The van der Waals surface area contributed by atoms with Crippen LogP contribution in [-0.4, -0.2) is 17.7 Å². The molecule has 2 rings (SSSR count). The van der Waals surface area contributed by atoms with E-state index < -0.39 is 11.4 Å². The van der Waals surface area contributed by atoms with Gasteiger partial charge in [0.1, 0.15) is 12.4 Å². The minimum atomic E-state index is -0.780. The van der Waals surface area contributed by atoms with Gasteiger partial charge in [-0.1, -0.05) is 25.0 Å². The van der Waals surface area contributed by atoms with Crippen molar-refractivity contribution in [1.29, 1.82) is 0 Å². The van der Waals surface area contributed by atoms with Crippen molar-refractivity contribution in [1.82, 2.24) is 0 Å². The summed E-state index contributed by atoms with van der Waals surface area (Å²) in [5, 5.41) is 9.43. The number of aliphatic carboxylic acids is 1. The van der Waals surface area contributed by atoms with Crippen molar-refractivity contribution in [3.8, 4) is 5.75 Å². The van der Waals surface area contributed by atoms with Crippen molar-refractivity contribution >= 4 is 5.97 Å². The third-order valence-corrected chi connectivity index (χ3v) is 3.84. The van der Waals surface area contributed by atoms with Crippen LogP contribution in [0.3, 0.4) is 0 Å². The second-order valence-electron chi connectivity index (χ2n) is 6.07. The van der Waals surface area contributed by atoms with E-state index in [1.165, 1.54) is 0 Å². The number of carboxylic acid groups (broad SMARTS) is 1. The summed E-state index contributed by atoms with van der Waals surface area (Å²) in [6.07, 6.45) is 3.03. The summed E-state index contributed by atoms with van der Waals surface area (Å²) in [6, 6.07) is 6.00. The first-order valence-electron chi connectivity index (χ1n) is 6.84. The van der Waals surface area contributed by atoms with E-state index >= 15 is 0 Å². The average Bonchev–Trinajstić information content (AvgIpc) is 3.14. The lowest BCUT2D eigenvalue weighted by molar-refractivity contribution is -0.150. The fourth-order valence-electron chi connectivity index (χ4n) is 2.27. The lowest BCUT2D eigenvalue weighted by atomic mass is 9.85. The van der Waals surface area contributed by atoms with Gasteiger partial charge >= 0.3 is 5.97 Å². The van der Waals surface area contributed by atoms with Crippen molar-refractivity contribution in [3.63, 3.8) is 0 Å². The maximum Gasteiger partial charge on any atom is 0.312 e. The summed E-state index contributed by atoms with van der Waals surface area (Å²) in [6.45, 7) is 6.02. The summed E-state index contributed by atoms with van der Waals surface area (Å²) in [5.74, 6) is 0.608. The zero-order chi connectivity index (χ0) is 14.0. The van der Waals surface area contributed by atoms with Gasteiger partial charge < -0.3 is 9.84 Å². The smallest absolute Gasteiger partial charge is 0.312 e. The van der Waals surface area contributed by atoms with Crippen LogP contribution in [0.4, 0.5) is 0 Å². The fraction of sp³-hybridized carbons (Fsp3) is 0.562. The molecular formula is C16H22O3. The first kappa shape index (κ1) is 13.9. The standard InChI is InChI=1S/C16H22O3/c1-11-4-5-12(2)14(8-11)19-10-16(3,15(17)18)9-13-6-7-13/h4-5,8,13H,6-7,9-10H2,1-3H3,(H,17,18). The maximum atomic E-state index is 11.5. The third kappa shape index (κ3) is 3.49. The van der Waals surface area contributed by atoms with E-state index in [-0.39, 0.29) is 6.61 Å². The van der Waals surface area contributed by atoms with Crippen LogP contribution in [0.5, 0.6) is 5.75 Å². The molecule has 1 unspecified atom stereocenters. The van der Waals surface area contributed by atoms with Gasteiger partial charge in [-0.3, -0.25) is 4.79 Å². The molecule has 0 heterocycles. The van der Waals surface area contributed by atoms with Crippen molar-refractivity contribution in [2.45, 2.75) is 40.0 Å². The molecule has 1 N–H and O–H groups in total. The van der Waals surface area contributed by atoms with E-state index in [2.05, 4.69) is 0 Å². The Morgan fingerprint density at radius 2 is 2.11 bits per heavy atom. The van der Waals surface area contributed by atoms with Crippen molar-refractivity contribution in [2.75, 3.05) is 6.61 Å². The average molecular weight is 262 g/mol. The van der Waals surface area contributed by atoms with Gasteiger partial charge in [-0.25, -0.2) is 0 Å². The van der Waals surface area contributed by atoms with Crippen LogP contribution in [0, 0.1) is 25.2 Å². The summed E-state index contributed by atoms with van der Waals surface area (Å²) in [5.41, 5.74) is 1.39. The van der Waals surface area contributed by atoms with Crippen LogP contribution in [0.25, 0.3) is 0 Å². The lowest BCUT2D eigenvalue weighted by Crippen LogP contribution is -2.34. The molecule has 104 valence electrons. The minimum absolute atomic E-state index is 0.239. The highest BCUT2D eigenvalue weighted by atomic mass is 16.5. The third-order valence-electron chi connectivity index (χ3n) is 3.84. The maximum absolute atomic E-state index is 11.5. The normalized spacial score (nSPS) is 17.8. The monoisotopic (exact) mass is 262 g/mol. The highest BCUT2D eigenvalue weighted by Gasteiger charge is 2.40. The number of ether oxygens (including phenoxy) is 1. The molecule has 3 nitrogen and oxygen atoms in total. The van der Waals surface area contributed by atoms with E-state index in [1.807, 2.05) is 32.0 Å². The molecule has 1 aromatic carbocycles. The van der Waals surface area contributed by atoms with Crippen molar-refractivity contribution in [3.05, 3.63) is 29.3 Å². The Morgan fingerprint density at radius 3 is 2.68 bits per heavy atom. The van der Waals surface area contributed by atoms with E-state index in [4.69, 9.17) is 4.74 Å². The molecule has 1 aliphatic carbocycles. The second-order valence-corrected chi connectivity index (χ2v) is 6.07. The van der Waals surface area contributed by atoms with Gasteiger partial charge in [0.25, 0.3) is 0 Å². The minimum Gasteiger partial charge on any atom is -0.492 e. The van der Waals surface area contributed by atoms with Gasteiger partial charge in [-0.15, -0.1) is 0 Å². The molecule has 0 aromatic heterocycles. The molecule has 0 aliphatic heterocycles. The Balaban J connectivity index is 2.05. The summed E-state index contributed by atoms with van der Waals surface area (Å²) in [7, 11) is 0. The topological polar surface area (TPSA) is 46.5 Å². The first-order chi connectivity index (χ1) is 8.90. The molecule has 0 bridgehead atoms. The molecule has 0 spiro atoms. The summed E-state index contributed by atoms with van der Waals surface area (Å²) >= 11 is 0. The molecule has 3 heteroatoms. The molecule has 1 saturated carbocycles. The predicted molar refractivity (Wildman–Crippen MR) is 74.5 cm³/mol. The van der Waals surface area contributed by atoms with Crippen LogP contribution in [0.15, 0.2) is 18.2 Å². The highest BCUT2D eigenvalue weighted by Crippen LogP contribution is 2.41. The van der Waals surface area contributed by atoms with Gasteiger partial charge in [0.15, 0.2) is 0 Å². The zero-order valence-corrected chi connectivity index (χ0v) is 11.9. The van der Waals surface area contributed by atoms with Crippen molar-refractivity contribution < 1.29 is 14.6 Å². The Kier molecular flexibility index (Phi) is 3.83. The molecule has 1 aliphatic rings. The molecule has 19 heavy (non-hydrogen) atoms. The van der Waals surface area contributed by atoms with Gasteiger partial charge in [0, 0.05) is 0 Å². The molecule has 0 saturated heterocycles. The fourth-order valence-corrected chi connectivity index (χ4v) is 2.27. The van der Waals surface area contributed by atoms with E-state index in [9.17, 15) is 9.90 Å². The summed E-state index contributed by atoms with van der Waals surface area (Å²) < 4.78 is 5.79. The van der Waals surface area contributed by atoms with Crippen LogP contribution < -0.4 is 4.74 Å². The van der Waals surface area contributed by atoms with Gasteiger partial charge in [0.2, 0.25) is 0 Å². The van der Waals surface area contributed by atoms with Crippen LogP contribution in [-0.2, 0) is 4.79 Å². The largest absolute Gasteiger partial charge is 0.492 e. The molecule has 1 aromatic rings. The van der Waals surface area contributed by atoms with Gasteiger partial charge in [-0.05, 0) is 50.3 Å². The number of hydrogen-bond acceptors (Lipinski definition) is 2. The molecule has 0 amide bonds. The Morgan fingerprint density at radius 1 is 1.42 bits per heavy atom. The van der Waals surface area contributed by atoms with Crippen LogP contribution >= 0.6 is 0 Å². The second kappa shape index (κ2) is 5.24.